The first kappa shape index (κ1) is 13.8. The van der Waals surface area contributed by atoms with Gasteiger partial charge < -0.3 is 10.1 Å². The predicted molar refractivity (Wildman–Crippen MR) is 69.0 cm³/mol. The maximum absolute atomic E-state index is 10.9. The highest BCUT2D eigenvalue weighted by Crippen LogP contribution is 2.10. The zero-order valence-corrected chi connectivity index (χ0v) is 10.9. The number of methoxy groups -OCH3 is 1. The van der Waals surface area contributed by atoms with Crippen molar-refractivity contribution in [3.05, 3.63) is 18.1 Å². The zero-order chi connectivity index (χ0) is 12.5. The summed E-state index contributed by atoms with van der Waals surface area (Å²) in [6, 6.07) is 0. The van der Waals surface area contributed by atoms with E-state index in [0.29, 0.717) is 11.5 Å². The van der Waals surface area contributed by atoms with Crippen molar-refractivity contribution in [3.63, 3.8) is 0 Å². The third-order valence-electron chi connectivity index (χ3n) is 1.96. The summed E-state index contributed by atoms with van der Waals surface area (Å²) in [5, 5.41) is 3.15. The lowest BCUT2D eigenvalue weighted by atomic mass is 10.4. The highest BCUT2D eigenvalue weighted by atomic mass is 32.2. The van der Waals surface area contributed by atoms with E-state index in [0.717, 1.165) is 24.5 Å². The topological polar surface area (TPSA) is 64.1 Å². The Morgan fingerprint density at radius 2 is 2.29 bits per heavy atom. The molecule has 0 aromatic carbocycles. The Hall–Kier alpha value is -1.30. The van der Waals surface area contributed by atoms with Gasteiger partial charge in [-0.2, -0.15) is 0 Å². The number of nitrogens with zero attached hydrogens (tertiary/aromatic N) is 2. The van der Waals surface area contributed by atoms with Crippen molar-refractivity contribution in [2.75, 3.05) is 24.7 Å². The zero-order valence-electron chi connectivity index (χ0n) is 10.1. The van der Waals surface area contributed by atoms with Crippen LogP contribution in [0, 0.1) is 0 Å². The standard InChI is InChI=1S/C11H17N3O2S/c1-3-4-12-10-6-13-9(5-14-10)7-17-8-11(15)16-2/h5-6H,3-4,7-8H2,1-2H3,(H,12,14). The van der Waals surface area contributed by atoms with Gasteiger partial charge in [-0.1, -0.05) is 6.92 Å². The number of anilines is 1. The molecule has 1 rings (SSSR count). The van der Waals surface area contributed by atoms with Gasteiger partial charge in [0.2, 0.25) is 0 Å². The van der Waals surface area contributed by atoms with Gasteiger partial charge >= 0.3 is 5.97 Å². The van der Waals surface area contributed by atoms with Crippen LogP contribution in [0.1, 0.15) is 19.0 Å². The fourth-order valence-corrected chi connectivity index (χ4v) is 1.82. The van der Waals surface area contributed by atoms with E-state index in [1.165, 1.54) is 18.9 Å². The largest absolute Gasteiger partial charge is 0.468 e. The van der Waals surface area contributed by atoms with Gasteiger partial charge in [0.15, 0.2) is 0 Å². The summed E-state index contributed by atoms with van der Waals surface area (Å²) in [5.41, 5.74) is 0.862. The Bertz CT molecular complexity index is 343. The van der Waals surface area contributed by atoms with Crippen LogP contribution in [0.4, 0.5) is 5.82 Å². The van der Waals surface area contributed by atoms with Crippen LogP contribution in [0.3, 0.4) is 0 Å². The molecule has 0 fully saturated rings. The van der Waals surface area contributed by atoms with Crippen LogP contribution in [0.25, 0.3) is 0 Å². The third-order valence-corrected chi connectivity index (χ3v) is 2.90. The van der Waals surface area contributed by atoms with Gasteiger partial charge in [-0.05, 0) is 6.42 Å². The van der Waals surface area contributed by atoms with Crippen LogP contribution in [0.5, 0.6) is 0 Å². The average Bonchev–Trinajstić information content (AvgIpc) is 2.37. The number of rotatable bonds is 7. The smallest absolute Gasteiger partial charge is 0.315 e. The Kier molecular flexibility index (Phi) is 6.39. The summed E-state index contributed by atoms with van der Waals surface area (Å²) >= 11 is 1.47. The summed E-state index contributed by atoms with van der Waals surface area (Å²) in [6.07, 6.45) is 4.49. The molecule has 0 spiro atoms. The van der Waals surface area contributed by atoms with Crippen molar-refractivity contribution >= 4 is 23.5 Å². The lowest BCUT2D eigenvalue weighted by molar-refractivity contribution is -0.137. The summed E-state index contributed by atoms with van der Waals surface area (Å²) in [4.78, 5) is 19.4. The number of thioether (sulfide) groups is 1. The Morgan fingerprint density at radius 3 is 2.88 bits per heavy atom. The van der Waals surface area contributed by atoms with Crippen molar-refractivity contribution in [2.45, 2.75) is 19.1 Å². The number of ether oxygens (including phenoxy) is 1. The second kappa shape index (κ2) is 7.89. The van der Waals surface area contributed by atoms with Crippen LogP contribution in [-0.2, 0) is 15.3 Å². The van der Waals surface area contributed by atoms with Gasteiger partial charge in [0.25, 0.3) is 0 Å². The molecule has 17 heavy (non-hydrogen) atoms. The number of esters is 1. The lowest BCUT2D eigenvalue weighted by Gasteiger charge is -2.04. The SMILES string of the molecule is CCCNc1cnc(CSCC(=O)OC)cn1. The molecule has 0 aliphatic rings. The minimum atomic E-state index is -0.218. The van der Waals surface area contributed by atoms with Gasteiger partial charge in [0.1, 0.15) is 5.82 Å². The second-order valence-corrected chi connectivity index (χ2v) is 4.37. The molecule has 1 aromatic rings. The number of carbonyl (C=O) groups is 1. The monoisotopic (exact) mass is 255 g/mol. The molecule has 1 aromatic heterocycles. The highest BCUT2D eigenvalue weighted by Gasteiger charge is 2.02. The van der Waals surface area contributed by atoms with E-state index in [9.17, 15) is 4.79 Å². The second-order valence-electron chi connectivity index (χ2n) is 3.39. The molecule has 0 bridgehead atoms. The summed E-state index contributed by atoms with van der Waals surface area (Å²) in [7, 11) is 1.39. The van der Waals surface area contributed by atoms with Crippen LogP contribution in [-0.4, -0.2) is 35.3 Å². The minimum Gasteiger partial charge on any atom is -0.468 e. The number of hydrogen-bond acceptors (Lipinski definition) is 6. The van der Waals surface area contributed by atoms with Crippen molar-refractivity contribution in [2.24, 2.45) is 0 Å². The molecule has 1 heterocycles. The van der Waals surface area contributed by atoms with Crippen molar-refractivity contribution in [1.82, 2.24) is 9.97 Å². The third kappa shape index (κ3) is 5.53. The molecule has 1 N–H and O–H groups in total. The molecule has 0 amide bonds. The Morgan fingerprint density at radius 1 is 1.47 bits per heavy atom. The van der Waals surface area contributed by atoms with Gasteiger partial charge in [0.05, 0.1) is 31.0 Å². The first-order valence-electron chi connectivity index (χ1n) is 5.45. The maximum Gasteiger partial charge on any atom is 0.315 e. The van der Waals surface area contributed by atoms with E-state index in [1.807, 2.05) is 0 Å². The van der Waals surface area contributed by atoms with Crippen molar-refractivity contribution < 1.29 is 9.53 Å². The molecule has 0 aliphatic carbocycles. The quantitative estimate of drug-likeness (QED) is 0.748. The molecule has 0 saturated heterocycles. The molecule has 0 saturated carbocycles. The fraction of sp³-hybridized carbons (Fsp3) is 0.545. The van der Waals surface area contributed by atoms with Gasteiger partial charge in [0, 0.05) is 12.3 Å². The number of nitrogens with one attached hydrogen (secondary N) is 1. The highest BCUT2D eigenvalue weighted by molar-refractivity contribution is 7.99. The van der Waals surface area contributed by atoms with Crippen LogP contribution >= 0.6 is 11.8 Å². The van der Waals surface area contributed by atoms with Gasteiger partial charge in [-0.15, -0.1) is 11.8 Å². The van der Waals surface area contributed by atoms with E-state index >= 15 is 0 Å². The molecule has 6 heteroatoms. The van der Waals surface area contributed by atoms with Crippen molar-refractivity contribution in [1.29, 1.82) is 0 Å². The van der Waals surface area contributed by atoms with Gasteiger partial charge in [-0.25, -0.2) is 4.98 Å². The molecule has 0 atom stereocenters. The first-order valence-corrected chi connectivity index (χ1v) is 6.61. The Balaban J connectivity index is 2.32. The number of carbonyl (C=O) groups excluding carboxylic acids is 1. The maximum atomic E-state index is 10.9. The summed E-state index contributed by atoms with van der Waals surface area (Å²) in [6.45, 7) is 2.99. The molecule has 0 aliphatic heterocycles. The van der Waals surface area contributed by atoms with E-state index in [1.54, 1.807) is 12.4 Å². The van der Waals surface area contributed by atoms with E-state index in [4.69, 9.17) is 0 Å². The molecular formula is C11H17N3O2S. The van der Waals surface area contributed by atoms with E-state index < -0.39 is 0 Å². The van der Waals surface area contributed by atoms with Crippen LogP contribution in [0.15, 0.2) is 12.4 Å². The first-order chi connectivity index (χ1) is 8.26. The molecule has 0 unspecified atom stereocenters. The molecular weight excluding hydrogens is 238 g/mol. The average molecular weight is 255 g/mol. The fourth-order valence-electron chi connectivity index (χ4n) is 1.07. The lowest BCUT2D eigenvalue weighted by Crippen LogP contribution is -2.05. The molecule has 94 valence electrons. The number of aromatic nitrogens is 2. The van der Waals surface area contributed by atoms with Crippen molar-refractivity contribution in [3.8, 4) is 0 Å². The normalized spacial score (nSPS) is 10.0. The van der Waals surface area contributed by atoms with Gasteiger partial charge in [-0.3, -0.25) is 9.78 Å². The minimum absolute atomic E-state index is 0.218. The van der Waals surface area contributed by atoms with E-state index in [2.05, 4.69) is 26.9 Å². The summed E-state index contributed by atoms with van der Waals surface area (Å²) in [5.74, 6) is 1.57. The summed E-state index contributed by atoms with van der Waals surface area (Å²) < 4.78 is 4.55. The molecule has 0 radical (unpaired) electrons. The van der Waals surface area contributed by atoms with Crippen LogP contribution < -0.4 is 5.32 Å². The van der Waals surface area contributed by atoms with Crippen LogP contribution in [0.2, 0.25) is 0 Å². The Labute approximate surface area is 105 Å². The van der Waals surface area contributed by atoms with E-state index in [-0.39, 0.29) is 5.97 Å². The predicted octanol–water partition coefficient (Wildman–Crippen LogP) is 1.70. The number of hydrogen-bond donors (Lipinski definition) is 1. The molecule has 5 nitrogen and oxygen atoms in total.